The number of nitrogens with one attached hydrogen (secondary N) is 2. The SMILES string of the molecule is CCNC(=NCc1ccc(N2CCC(O)CC2)c(F)c1)NCCc1cccc(Cl)c1.I. The molecule has 2 aromatic carbocycles. The summed E-state index contributed by atoms with van der Waals surface area (Å²) < 4.78 is 14.6. The summed E-state index contributed by atoms with van der Waals surface area (Å²) in [5, 5.41) is 16.9. The molecule has 0 saturated carbocycles. The highest BCUT2D eigenvalue weighted by molar-refractivity contribution is 14.0. The molecular weight excluding hydrogens is 530 g/mol. The minimum absolute atomic E-state index is 0. The van der Waals surface area contributed by atoms with Gasteiger partial charge >= 0.3 is 0 Å². The van der Waals surface area contributed by atoms with Gasteiger partial charge in [0.2, 0.25) is 0 Å². The number of nitrogens with zero attached hydrogens (tertiary/aromatic N) is 2. The van der Waals surface area contributed by atoms with E-state index >= 15 is 0 Å². The van der Waals surface area contributed by atoms with Gasteiger partial charge in [-0.1, -0.05) is 29.8 Å². The Morgan fingerprint density at radius 3 is 2.61 bits per heavy atom. The number of guanidine groups is 1. The van der Waals surface area contributed by atoms with Crippen LogP contribution >= 0.6 is 35.6 Å². The fourth-order valence-electron chi connectivity index (χ4n) is 3.54. The van der Waals surface area contributed by atoms with Gasteiger partial charge in [0.15, 0.2) is 5.96 Å². The molecule has 0 atom stereocenters. The Hall–Kier alpha value is -1.58. The second-order valence-electron chi connectivity index (χ2n) is 7.51. The van der Waals surface area contributed by atoms with E-state index in [9.17, 15) is 9.50 Å². The molecule has 8 heteroatoms. The Labute approximate surface area is 206 Å². The molecule has 3 rings (SSSR count). The van der Waals surface area contributed by atoms with Gasteiger partial charge in [0, 0.05) is 31.2 Å². The van der Waals surface area contributed by atoms with Crippen LogP contribution in [0, 0.1) is 5.82 Å². The molecule has 1 fully saturated rings. The highest BCUT2D eigenvalue weighted by Gasteiger charge is 2.19. The fourth-order valence-corrected chi connectivity index (χ4v) is 3.75. The van der Waals surface area contributed by atoms with Crippen LogP contribution in [-0.2, 0) is 13.0 Å². The number of piperidine rings is 1. The topological polar surface area (TPSA) is 59.9 Å². The molecule has 1 aliphatic heterocycles. The number of anilines is 1. The molecule has 1 heterocycles. The highest BCUT2D eigenvalue weighted by Crippen LogP contribution is 2.24. The van der Waals surface area contributed by atoms with E-state index in [-0.39, 0.29) is 35.9 Å². The summed E-state index contributed by atoms with van der Waals surface area (Å²) in [4.78, 5) is 6.58. The van der Waals surface area contributed by atoms with Crippen LogP contribution in [0.4, 0.5) is 10.1 Å². The number of hydrogen-bond donors (Lipinski definition) is 3. The lowest BCUT2D eigenvalue weighted by Gasteiger charge is -2.31. The van der Waals surface area contributed by atoms with Gasteiger partial charge < -0.3 is 20.6 Å². The van der Waals surface area contributed by atoms with Crippen molar-refractivity contribution < 1.29 is 9.50 Å². The summed E-state index contributed by atoms with van der Waals surface area (Å²) in [6.45, 7) is 5.23. The van der Waals surface area contributed by atoms with Crippen molar-refractivity contribution in [1.82, 2.24) is 10.6 Å². The van der Waals surface area contributed by atoms with Crippen LogP contribution in [0.3, 0.4) is 0 Å². The van der Waals surface area contributed by atoms with E-state index in [4.69, 9.17) is 11.6 Å². The third-order valence-corrected chi connectivity index (χ3v) is 5.41. The Bertz CT molecular complexity index is 859. The third-order valence-electron chi connectivity index (χ3n) is 5.18. The first kappa shape index (κ1) is 25.7. The van der Waals surface area contributed by atoms with E-state index in [2.05, 4.69) is 15.6 Å². The van der Waals surface area contributed by atoms with E-state index in [1.54, 1.807) is 6.07 Å². The quantitative estimate of drug-likeness (QED) is 0.268. The molecule has 0 radical (unpaired) electrons. The molecule has 2 aromatic rings. The molecule has 0 amide bonds. The maximum atomic E-state index is 14.6. The number of aliphatic hydroxyl groups excluding tert-OH is 1. The monoisotopic (exact) mass is 560 g/mol. The standard InChI is InChI=1S/C23H30ClFN4O.HI/c1-2-26-23(27-11-8-17-4-3-5-19(24)14-17)28-16-18-6-7-22(21(25)15-18)29-12-9-20(30)10-13-29;/h3-7,14-15,20,30H,2,8-13,16H2,1H3,(H2,26,27,28);1H. The lowest BCUT2D eigenvalue weighted by atomic mass is 10.1. The molecule has 1 saturated heterocycles. The van der Waals surface area contributed by atoms with E-state index < -0.39 is 0 Å². The van der Waals surface area contributed by atoms with Gasteiger partial charge in [0.05, 0.1) is 18.3 Å². The van der Waals surface area contributed by atoms with Crippen LogP contribution in [0.1, 0.15) is 30.9 Å². The second kappa shape index (κ2) is 13.1. The van der Waals surface area contributed by atoms with Crippen molar-refractivity contribution in [3.05, 3.63) is 64.4 Å². The second-order valence-corrected chi connectivity index (χ2v) is 7.94. The van der Waals surface area contributed by atoms with Crippen LogP contribution in [0.25, 0.3) is 0 Å². The molecule has 0 aromatic heterocycles. The number of halogens is 3. The van der Waals surface area contributed by atoms with Crippen LogP contribution in [-0.4, -0.2) is 43.3 Å². The van der Waals surface area contributed by atoms with E-state index in [0.29, 0.717) is 44.1 Å². The van der Waals surface area contributed by atoms with Crippen LogP contribution in [0.2, 0.25) is 5.02 Å². The smallest absolute Gasteiger partial charge is 0.191 e. The molecule has 0 unspecified atom stereocenters. The zero-order valence-corrected chi connectivity index (χ0v) is 20.9. The van der Waals surface area contributed by atoms with Gasteiger partial charge in [0.1, 0.15) is 5.82 Å². The fraction of sp³-hybridized carbons (Fsp3) is 0.435. The Morgan fingerprint density at radius 1 is 1.16 bits per heavy atom. The zero-order chi connectivity index (χ0) is 21.3. The van der Waals surface area contributed by atoms with Crippen LogP contribution < -0.4 is 15.5 Å². The molecule has 0 bridgehead atoms. The first-order chi connectivity index (χ1) is 14.5. The average Bonchev–Trinajstić information content (AvgIpc) is 2.73. The molecule has 5 nitrogen and oxygen atoms in total. The number of benzene rings is 2. The van der Waals surface area contributed by atoms with E-state index in [0.717, 1.165) is 35.7 Å². The molecule has 31 heavy (non-hydrogen) atoms. The largest absolute Gasteiger partial charge is 0.393 e. The van der Waals surface area contributed by atoms with E-state index in [1.807, 2.05) is 48.2 Å². The summed E-state index contributed by atoms with van der Waals surface area (Å²) in [7, 11) is 0. The summed E-state index contributed by atoms with van der Waals surface area (Å²) >= 11 is 6.03. The first-order valence-corrected chi connectivity index (χ1v) is 10.9. The first-order valence-electron chi connectivity index (χ1n) is 10.5. The number of rotatable bonds is 7. The Morgan fingerprint density at radius 2 is 1.94 bits per heavy atom. The summed E-state index contributed by atoms with van der Waals surface area (Å²) in [5.74, 6) is 0.465. The Balaban J connectivity index is 0.00000341. The number of hydrogen-bond acceptors (Lipinski definition) is 3. The van der Waals surface area contributed by atoms with Crippen LogP contribution in [0.15, 0.2) is 47.5 Å². The zero-order valence-electron chi connectivity index (χ0n) is 17.8. The molecular formula is C23H31ClFIN4O. The van der Waals surface area contributed by atoms with Gasteiger partial charge in [0.25, 0.3) is 0 Å². The number of aliphatic hydroxyl groups is 1. The van der Waals surface area contributed by atoms with Gasteiger partial charge in [-0.05, 0) is 61.6 Å². The average molecular weight is 561 g/mol. The van der Waals surface area contributed by atoms with Gasteiger partial charge in [-0.3, -0.25) is 0 Å². The minimum Gasteiger partial charge on any atom is -0.393 e. The summed E-state index contributed by atoms with van der Waals surface area (Å²) in [5.41, 5.74) is 2.58. The van der Waals surface area contributed by atoms with Crippen molar-refractivity contribution >= 4 is 47.2 Å². The third kappa shape index (κ3) is 8.12. The minimum atomic E-state index is -0.270. The lowest BCUT2D eigenvalue weighted by molar-refractivity contribution is 0.145. The summed E-state index contributed by atoms with van der Waals surface area (Å²) in [6, 6.07) is 13.1. The summed E-state index contributed by atoms with van der Waals surface area (Å²) in [6.07, 6.45) is 1.92. The van der Waals surface area contributed by atoms with Gasteiger partial charge in [-0.2, -0.15) is 0 Å². The maximum absolute atomic E-state index is 14.6. The van der Waals surface area contributed by atoms with Crippen molar-refractivity contribution in [2.45, 2.75) is 38.8 Å². The van der Waals surface area contributed by atoms with Crippen molar-refractivity contribution in [1.29, 1.82) is 0 Å². The van der Waals surface area contributed by atoms with Crippen molar-refractivity contribution in [3.8, 4) is 0 Å². The van der Waals surface area contributed by atoms with Gasteiger partial charge in [-0.15, -0.1) is 24.0 Å². The lowest BCUT2D eigenvalue weighted by Crippen LogP contribution is -2.38. The highest BCUT2D eigenvalue weighted by atomic mass is 127. The predicted octanol–water partition coefficient (Wildman–Crippen LogP) is 4.36. The van der Waals surface area contributed by atoms with Crippen molar-refractivity contribution in [2.75, 3.05) is 31.1 Å². The molecule has 0 aliphatic carbocycles. The molecule has 3 N–H and O–H groups in total. The normalized spacial score (nSPS) is 14.8. The maximum Gasteiger partial charge on any atom is 0.191 e. The predicted molar refractivity (Wildman–Crippen MR) is 137 cm³/mol. The Kier molecular flexibility index (Phi) is 10.8. The van der Waals surface area contributed by atoms with Gasteiger partial charge in [-0.25, -0.2) is 9.38 Å². The molecule has 1 aliphatic rings. The van der Waals surface area contributed by atoms with Crippen molar-refractivity contribution in [2.24, 2.45) is 4.99 Å². The number of aliphatic imine (C=N–C) groups is 1. The molecule has 0 spiro atoms. The van der Waals surface area contributed by atoms with Crippen LogP contribution in [0.5, 0.6) is 0 Å². The van der Waals surface area contributed by atoms with E-state index in [1.165, 1.54) is 0 Å². The van der Waals surface area contributed by atoms with Crippen molar-refractivity contribution in [3.63, 3.8) is 0 Å². The molecule has 170 valence electrons.